The van der Waals surface area contributed by atoms with Crippen molar-refractivity contribution in [2.24, 2.45) is 5.73 Å². The van der Waals surface area contributed by atoms with Gasteiger partial charge in [0.2, 0.25) is 0 Å². The first-order chi connectivity index (χ1) is 7.21. The molecule has 2 nitrogen and oxygen atoms in total. The molecule has 0 saturated heterocycles. The van der Waals surface area contributed by atoms with Gasteiger partial charge < -0.3 is 10.8 Å². The highest BCUT2D eigenvalue weighted by Crippen LogP contribution is 2.29. The number of benzene rings is 1. The molecule has 0 fully saturated rings. The molecule has 0 heterocycles. The van der Waals surface area contributed by atoms with Crippen LogP contribution in [0.4, 0.5) is 22.0 Å². The van der Waals surface area contributed by atoms with E-state index in [9.17, 15) is 22.0 Å². The minimum Gasteiger partial charge on any atom is -0.382 e. The predicted molar refractivity (Wildman–Crippen MR) is 45.3 cm³/mol. The average molecular weight is 241 g/mol. The topological polar surface area (TPSA) is 46.2 Å². The lowest BCUT2D eigenvalue weighted by atomic mass is 10.0. The Balaban J connectivity index is 3.00. The maximum Gasteiger partial charge on any atom is 0.416 e. The minimum absolute atomic E-state index is 0.456. The lowest BCUT2D eigenvalue weighted by Gasteiger charge is -2.21. The number of nitrogens with two attached hydrogens (primary N) is 1. The number of aliphatic hydroxyl groups excluding tert-OH is 1. The van der Waals surface area contributed by atoms with Gasteiger partial charge >= 0.3 is 6.18 Å². The number of halogens is 5. The van der Waals surface area contributed by atoms with Crippen LogP contribution < -0.4 is 5.73 Å². The summed E-state index contributed by atoms with van der Waals surface area (Å²) in [6.07, 6.45) is -7.81. The Hall–Kier alpha value is -1.21. The molecule has 2 atom stereocenters. The van der Waals surface area contributed by atoms with Gasteiger partial charge in [0.05, 0.1) is 6.04 Å². The third kappa shape index (κ3) is 2.89. The largest absolute Gasteiger partial charge is 0.416 e. The molecule has 0 aliphatic rings. The van der Waals surface area contributed by atoms with Crippen LogP contribution in [-0.2, 0) is 0 Å². The first-order valence-electron chi connectivity index (χ1n) is 4.18. The molecule has 0 unspecified atom stereocenters. The standard InChI is InChI=1S/C9H8F5NO/c10-5-1-4(2-6(11)3-5)7(15)8(16)9(12,13)14/h1-3,7-8,16H,15H2/t7-,8-/m0/s1. The van der Waals surface area contributed by atoms with Gasteiger partial charge in [0.15, 0.2) is 6.10 Å². The SMILES string of the molecule is N[C@@H](c1cc(F)cc(F)c1)[C@H](O)C(F)(F)F. The Labute approximate surface area is 87.5 Å². The van der Waals surface area contributed by atoms with Crippen LogP contribution in [0.25, 0.3) is 0 Å². The maximum absolute atomic E-state index is 12.7. The quantitative estimate of drug-likeness (QED) is 0.776. The summed E-state index contributed by atoms with van der Waals surface area (Å²) in [7, 11) is 0. The molecule has 3 N–H and O–H groups in total. The van der Waals surface area contributed by atoms with E-state index < -0.39 is 35.5 Å². The number of alkyl halides is 3. The van der Waals surface area contributed by atoms with Gasteiger partial charge in [0.25, 0.3) is 0 Å². The van der Waals surface area contributed by atoms with Crippen molar-refractivity contribution in [3.63, 3.8) is 0 Å². The van der Waals surface area contributed by atoms with E-state index in [2.05, 4.69) is 0 Å². The second-order valence-electron chi connectivity index (χ2n) is 3.22. The molecular weight excluding hydrogens is 233 g/mol. The number of rotatable bonds is 2. The van der Waals surface area contributed by atoms with Crippen LogP contribution in [-0.4, -0.2) is 17.4 Å². The molecule has 0 aliphatic carbocycles. The van der Waals surface area contributed by atoms with E-state index in [1.807, 2.05) is 0 Å². The molecule has 0 radical (unpaired) electrons. The van der Waals surface area contributed by atoms with Gasteiger partial charge in [-0.2, -0.15) is 13.2 Å². The van der Waals surface area contributed by atoms with Crippen molar-refractivity contribution in [1.82, 2.24) is 0 Å². The van der Waals surface area contributed by atoms with Gasteiger partial charge in [-0.3, -0.25) is 0 Å². The van der Waals surface area contributed by atoms with Crippen LogP contribution >= 0.6 is 0 Å². The van der Waals surface area contributed by atoms with Crippen LogP contribution in [0.15, 0.2) is 18.2 Å². The molecule has 0 saturated carbocycles. The average Bonchev–Trinajstić information content (AvgIpc) is 2.12. The van der Waals surface area contributed by atoms with Crippen LogP contribution in [0.5, 0.6) is 0 Å². The van der Waals surface area contributed by atoms with Crippen molar-refractivity contribution >= 4 is 0 Å². The summed E-state index contributed by atoms with van der Waals surface area (Å²) >= 11 is 0. The number of hydrogen-bond donors (Lipinski definition) is 2. The van der Waals surface area contributed by atoms with Crippen molar-refractivity contribution in [1.29, 1.82) is 0 Å². The highest BCUT2D eigenvalue weighted by Gasteiger charge is 2.42. The fourth-order valence-corrected chi connectivity index (χ4v) is 1.15. The predicted octanol–water partition coefficient (Wildman–Crippen LogP) is 1.89. The van der Waals surface area contributed by atoms with Crippen molar-refractivity contribution < 1.29 is 27.1 Å². The second kappa shape index (κ2) is 4.34. The fourth-order valence-electron chi connectivity index (χ4n) is 1.15. The third-order valence-corrected chi connectivity index (χ3v) is 1.95. The zero-order valence-electron chi connectivity index (χ0n) is 7.80. The van der Waals surface area contributed by atoms with Crippen molar-refractivity contribution in [3.8, 4) is 0 Å². The van der Waals surface area contributed by atoms with E-state index in [1.54, 1.807) is 0 Å². The Morgan fingerprint density at radius 1 is 1.06 bits per heavy atom. The maximum atomic E-state index is 12.7. The van der Waals surface area contributed by atoms with E-state index in [4.69, 9.17) is 10.8 Å². The molecule has 1 aromatic carbocycles. The molecule has 0 aromatic heterocycles. The summed E-state index contributed by atoms with van der Waals surface area (Å²) in [6, 6.07) is -0.146. The second-order valence-corrected chi connectivity index (χ2v) is 3.22. The van der Waals surface area contributed by atoms with Crippen molar-refractivity contribution in [2.75, 3.05) is 0 Å². The van der Waals surface area contributed by atoms with Gasteiger partial charge in [0.1, 0.15) is 11.6 Å². The first-order valence-corrected chi connectivity index (χ1v) is 4.18. The zero-order chi connectivity index (χ0) is 12.5. The van der Waals surface area contributed by atoms with Crippen LogP contribution in [0.1, 0.15) is 11.6 Å². The number of aliphatic hydroxyl groups is 1. The highest BCUT2D eigenvalue weighted by molar-refractivity contribution is 5.22. The zero-order valence-corrected chi connectivity index (χ0v) is 7.80. The summed E-state index contributed by atoms with van der Waals surface area (Å²) in [6.45, 7) is 0. The molecule has 0 amide bonds. The highest BCUT2D eigenvalue weighted by atomic mass is 19.4. The molecule has 90 valence electrons. The summed E-state index contributed by atoms with van der Waals surface area (Å²) in [5.41, 5.74) is 4.60. The molecular formula is C9H8F5NO. The molecule has 0 bridgehead atoms. The van der Waals surface area contributed by atoms with Gasteiger partial charge in [-0.1, -0.05) is 0 Å². The van der Waals surface area contributed by atoms with Crippen LogP contribution in [0.3, 0.4) is 0 Å². The summed E-state index contributed by atoms with van der Waals surface area (Å²) in [5, 5.41) is 8.79. The van der Waals surface area contributed by atoms with Gasteiger partial charge in [-0.15, -0.1) is 0 Å². The smallest absolute Gasteiger partial charge is 0.382 e. The first kappa shape index (κ1) is 12.9. The summed E-state index contributed by atoms with van der Waals surface area (Å²) in [4.78, 5) is 0. The molecule has 7 heteroatoms. The lowest BCUT2D eigenvalue weighted by molar-refractivity contribution is -0.210. The molecule has 1 rings (SSSR count). The van der Waals surface area contributed by atoms with Crippen molar-refractivity contribution in [2.45, 2.75) is 18.3 Å². The molecule has 0 aliphatic heterocycles. The van der Waals surface area contributed by atoms with E-state index in [0.29, 0.717) is 18.2 Å². The summed E-state index contributed by atoms with van der Waals surface area (Å²) < 4.78 is 61.6. The van der Waals surface area contributed by atoms with Gasteiger partial charge in [-0.25, -0.2) is 8.78 Å². The van der Waals surface area contributed by atoms with E-state index in [1.165, 1.54) is 0 Å². The molecule has 0 spiro atoms. The van der Waals surface area contributed by atoms with Crippen LogP contribution in [0.2, 0.25) is 0 Å². The van der Waals surface area contributed by atoms with E-state index >= 15 is 0 Å². The normalized spacial score (nSPS) is 15.9. The van der Waals surface area contributed by atoms with E-state index in [-0.39, 0.29) is 0 Å². The Morgan fingerprint density at radius 2 is 1.50 bits per heavy atom. The van der Waals surface area contributed by atoms with Crippen molar-refractivity contribution in [3.05, 3.63) is 35.4 Å². The van der Waals surface area contributed by atoms with Gasteiger partial charge in [0, 0.05) is 6.07 Å². The molecule has 1 aromatic rings. The number of hydrogen-bond acceptors (Lipinski definition) is 2. The Bertz CT molecular complexity index is 358. The molecule has 16 heavy (non-hydrogen) atoms. The van der Waals surface area contributed by atoms with Crippen LogP contribution in [0, 0.1) is 11.6 Å². The summed E-state index contributed by atoms with van der Waals surface area (Å²) in [5.74, 6) is -2.11. The minimum atomic E-state index is -4.94. The Kier molecular flexibility index (Phi) is 3.49. The third-order valence-electron chi connectivity index (χ3n) is 1.95. The monoisotopic (exact) mass is 241 g/mol. The lowest BCUT2D eigenvalue weighted by Crippen LogP contribution is -2.38. The van der Waals surface area contributed by atoms with Gasteiger partial charge in [-0.05, 0) is 17.7 Å². The Morgan fingerprint density at radius 3 is 1.88 bits per heavy atom. The fraction of sp³-hybridized carbons (Fsp3) is 0.333. The van der Waals surface area contributed by atoms with E-state index in [0.717, 1.165) is 0 Å².